The summed E-state index contributed by atoms with van der Waals surface area (Å²) >= 11 is 9.61. The van der Waals surface area contributed by atoms with Crippen LogP contribution >= 0.6 is 34.7 Å². The number of rotatable bonds is 7. The van der Waals surface area contributed by atoms with E-state index >= 15 is 0 Å². The number of nitrogens with zero attached hydrogens (tertiary/aromatic N) is 3. The van der Waals surface area contributed by atoms with Gasteiger partial charge in [-0.2, -0.15) is 0 Å². The Morgan fingerprint density at radius 1 is 1.11 bits per heavy atom. The zero-order valence-electron chi connectivity index (χ0n) is 14.8. The number of aromatic nitrogens is 3. The predicted molar refractivity (Wildman–Crippen MR) is 114 cm³/mol. The molecule has 0 aliphatic carbocycles. The third kappa shape index (κ3) is 4.04. The molecule has 0 aliphatic heterocycles. The minimum Gasteiger partial charge on any atom is -0.383 e. The second kappa shape index (κ2) is 8.44. The Morgan fingerprint density at radius 2 is 1.93 bits per heavy atom. The lowest BCUT2D eigenvalue weighted by atomic mass is 10.2. The number of hydrogen-bond acceptors (Lipinski definition) is 5. The molecule has 0 N–H and O–H groups in total. The van der Waals surface area contributed by atoms with Gasteiger partial charge in [0.05, 0.1) is 28.4 Å². The van der Waals surface area contributed by atoms with Gasteiger partial charge in [0.15, 0.2) is 5.16 Å². The molecular weight excluding hydrogens is 398 g/mol. The fourth-order valence-corrected chi connectivity index (χ4v) is 5.01. The van der Waals surface area contributed by atoms with E-state index in [1.165, 1.54) is 0 Å². The second-order valence-corrected chi connectivity index (χ2v) is 8.15. The summed E-state index contributed by atoms with van der Waals surface area (Å²) in [5.41, 5.74) is 4.15. The number of thiazole rings is 1. The van der Waals surface area contributed by atoms with E-state index < -0.39 is 0 Å². The van der Waals surface area contributed by atoms with Crippen LogP contribution in [0.15, 0.2) is 59.1 Å². The topological polar surface area (TPSA) is 39.9 Å². The largest absolute Gasteiger partial charge is 0.383 e. The minimum atomic E-state index is 0.654. The van der Waals surface area contributed by atoms with Crippen molar-refractivity contribution in [1.29, 1.82) is 0 Å². The van der Waals surface area contributed by atoms with Crippen molar-refractivity contribution in [3.05, 3.63) is 64.6 Å². The number of halogens is 1. The van der Waals surface area contributed by atoms with E-state index in [4.69, 9.17) is 26.3 Å². The number of thioether (sulfide) groups is 1. The van der Waals surface area contributed by atoms with Gasteiger partial charge in [0.2, 0.25) is 0 Å². The molecule has 2 aromatic heterocycles. The standard InChI is InChI=1S/C20H18ClN3OS2/c1-25-11-10-24-18-9-5-4-8-17(18)23-20(24)27-13-14-12-26-19(22-14)15-6-2-3-7-16(15)21/h2-9,12H,10-11,13H2,1H3. The van der Waals surface area contributed by atoms with Gasteiger partial charge in [0.25, 0.3) is 0 Å². The normalized spacial score (nSPS) is 11.3. The average Bonchev–Trinajstić information content (AvgIpc) is 3.29. The van der Waals surface area contributed by atoms with Crippen LogP contribution in [-0.2, 0) is 17.0 Å². The smallest absolute Gasteiger partial charge is 0.169 e. The molecule has 2 aromatic carbocycles. The molecule has 0 unspecified atom stereocenters. The van der Waals surface area contributed by atoms with Crippen molar-refractivity contribution >= 4 is 45.7 Å². The van der Waals surface area contributed by atoms with Crippen molar-refractivity contribution < 1.29 is 4.74 Å². The highest BCUT2D eigenvalue weighted by atomic mass is 35.5. The molecule has 27 heavy (non-hydrogen) atoms. The van der Waals surface area contributed by atoms with Gasteiger partial charge in [-0.1, -0.05) is 53.7 Å². The average molecular weight is 416 g/mol. The van der Waals surface area contributed by atoms with Crippen molar-refractivity contribution in [2.45, 2.75) is 17.5 Å². The van der Waals surface area contributed by atoms with Crippen LogP contribution < -0.4 is 0 Å². The second-order valence-electron chi connectivity index (χ2n) is 5.94. The van der Waals surface area contributed by atoms with E-state index in [9.17, 15) is 0 Å². The molecule has 138 valence electrons. The van der Waals surface area contributed by atoms with Crippen molar-refractivity contribution in [2.75, 3.05) is 13.7 Å². The summed E-state index contributed by atoms with van der Waals surface area (Å²) in [4.78, 5) is 9.54. The van der Waals surface area contributed by atoms with E-state index in [0.717, 1.165) is 49.8 Å². The van der Waals surface area contributed by atoms with Crippen LogP contribution in [0.1, 0.15) is 5.69 Å². The van der Waals surface area contributed by atoms with E-state index in [1.807, 2.05) is 42.5 Å². The van der Waals surface area contributed by atoms with Crippen molar-refractivity contribution in [1.82, 2.24) is 14.5 Å². The molecule has 2 heterocycles. The SMILES string of the molecule is COCCn1c(SCc2csc(-c3ccccc3Cl)n2)nc2ccccc21. The van der Waals surface area contributed by atoms with Crippen LogP contribution in [0.2, 0.25) is 5.02 Å². The molecule has 0 aliphatic rings. The van der Waals surface area contributed by atoms with Crippen LogP contribution in [0, 0.1) is 0 Å². The first kappa shape index (κ1) is 18.5. The summed E-state index contributed by atoms with van der Waals surface area (Å²) in [6, 6.07) is 16.0. The lowest BCUT2D eigenvalue weighted by Gasteiger charge is -2.07. The molecule has 0 amide bonds. The van der Waals surface area contributed by atoms with Crippen molar-refractivity contribution in [2.24, 2.45) is 0 Å². The number of benzene rings is 2. The van der Waals surface area contributed by atoms with Crippen molar-refractivity contribution in [3.8, 4) is 10.6 Å². The Bertz CT molecular complexity index is 1060. The van der Waals surface area contributed by atoms with Gasteiger partial charge < -0.3 is 9.30 Å². The molecule has 0 atom stereocenters. The summed E-state index contributed by atoms with van der Waals surface area (Å²) in [5.74, 6) is 0.761. The fraction of sp³-hybridized carbons (Fsp3) is 0.200. The zero-order chi connectivity index (χ0) is 18.6. The minimum absolute atomic E-state index is 0.654. The number of imidazole rings is 1. The van der Waals surface area contributed by atoms with Crippen LogP contribution in [-0.4, -0.2) is 28.3 Å². The molecule has 0 fully saturated rings. The van der Waals surface area contributed by atoms with E-state index in [-0.39, 0.29) is 0 Å². The third-order valence-corrected chi connectivity index (χ3v) is 6.41. The van der Waals surface area contributed by atoms with E-state index in [0.29, 0.717) is 6.61 Å². The Kier molecular flexibility index (Phi) is 5.78. The van der Waals surface area contributed by atoms with Crippen LogP contribution in [0.5, 0.6) is 0 Å². The molecule has 0 saturated carbocycles. The summed E-state index contributed by atoms with van der Waals surface area (Å²) in [6.45, 7) is 1.43. The lowest BCUT2D eigenvalue weighted by Crippen LogP contribution is -2.05. The molecule has 0 bridgehead atoms. The first-order valence-corrected chi connectivity index (χ1v) is 10.8. The molecule has 4 nitrogen and oxygen atoms in total. The maximum absolute atomic E-state index is 6.29. The van der Waals surface area contributed by atoms with Crippen LogP contribution in [0.25, 0.3) is 21.6 Å². The van der Waals surface area contributed by atoms with Gasteiger partial charge in [-0.05, 0) is 18.2 Å². The monoisotopic (exact) mass is 415 g/mol. The van der Waals surface area contributed by atoms with Gasteiger partial charge in [-0.25, -0.2) is 9.97 Å². The molecule has 0 radical (unpaired) electrons. The fourth-order valence-electron chi connectivity index (χ4n) is 2.83. The highest BCUT2D eigenvalue weighted by Crippen LogP contribution is 2.32. The van der Waals surface area contributed by atoms with Gasteiger partial charge in [-0.15, -0.1) is 11.3 Å². The van der Waals surface area contributed by atoms with Gasteiger partial charge >= 0.3 is 0 Å². The maximum atomic E-state index is 6.29. The Morgan fingerprint density at radius 3 is 2.78 bits per heavy atom. The highest BCUT2D eigenvalue weighted by molar-refractivity contribution is 7.98. The zero-order valence-corrected chi connectivity index (χ0v) is 17.2. The number of ether oxygens (including phenoxy) is 1. The lowest BCUT2D eigenvalue weighted by molar-refractivity contribution is 0.186. The summed E-state index contributed by atoms with van der Waals surface area (Å²) in [6.07, 6.45) is 0. The quantitative estimate of drug-likeness (QED) is 0.360. The predicted octanol–water partition coefficient (Wildman–Crippen LogP) is 5.75. The van der Waals surface area contributed by atoms with Gasteiger partial charge in [0, 0.05) is 30.4 Å². The Balaban J connectivity index is 1.55. The molecule has 0 saturated heterocycles. The van der Waals surface area contributed by atoms with Crippen LogP contribution in [0.4, 0.5) is 0 Å². The molecule has 4 rings (SSSR count). The molecule has 4 aromatic rings. The first-order chi connectivity index (χ1) is 13.3. The third-order valence-electron chi connectivity index (χ3n) is 4.14. The number of hydrogen-bond donors (Lipinski definition) is 0. The number of para-hydroxylation sites is 2. The van der Waals surface area contributed by atoms with Crippen LogP contribution in [0.3, 0.4) is 0 Å². The molecular formula is C20H18ClN3OS2. The molecule has 7 heteroatoms. The number of fused-ring (bicyclic) bond motifs is 1. The summed E-state index contributed by atoms with van der Waals surface area (Å²) in [5, 5.41) is 4.76. The van der Waals surface area contributed by atoms with E-state index in [1.54, 1.807) is 30.2 Å². The maximum Gasteiger partial charge on any atom is 0.169 e. The number of methoxy groups -OCH3 is 1. The molecule has 0 spiro atoms. The summed E-state index contributed by atoms with van der Waals surface area (Å²) in [7, 11) is 1.72. The van der Waals surface area contributed by atoms with Gasteiger partial charge in [0.1, 0.15) is 5.01 Å². The highest BCUT2D eigenvalue weighted by Gasteiger charge is 2.13. The first-order valence-electron chi connectivity index (χ1n) is 8.52. The van der Waals surface area contributed by atoms with Gasteiger partial charge in [-0.3, -0.25) is 0 Å². The van der Waals surface area contributed by atoms with Crippen molar-refractivity contribution in [3.63, 3.8) is 0 Å². The Hall–Kier alpha value is -1.86. The van der Waals surface area contributed by atoms with E-state index in [2.05, 4.69) is 16.0 Å². The Labute approximate surface area is 171 Å². The summed E-state index contributed by atoms with van der Waals surface area (Å²) < 4.78 is 7.48.